The van der Waals surface area contributed by atoms with E-state index < -0.39 is 0 Å². The highest BCUT2D eigenvalue weighted by Crippen LogP contribution is 2.06. The van der Waals surface area contributed by atoms with Crippen LogP contribution in [0.15, 0.2) is 12.4 Å². The highest BCUT2D eigenvalue weighted by Gasteiger charge is 2.10. The normalized spacial score (nSPS) is 15.8. The third kappa shape index (κ3) is 3.65. The smallest absolute Gasteiger partial charge is 0.0893 e. The molecule has 0 aliphatic carbocycles. The van der Waals surface area contributed by atoms with Gasteiger partial charge >= 0.3 is 0 Å². The number of nitrogens with zero attached hydrogens (tertiary/aromatic N) is 2. The van der Waals surface area contributed by atoms with Crippen LogP contribution >= 0.6 is 0 Å². The van der Waals surface area contributed by atoms with Crippen LogP contribution in [-0.2, 0) is 0 Å². The van der Waals surface area contributed by atoms with E-state index in [2.05, 4.69) is 9.80 Å². The van der Waals surface area contributed by atoms with E-state index in [0.717, 1.165) is 32.6 Å². The molecule has 0 saturated carbocycles. The van der Waals surface area contributed by atoms with E-state index in [9.17, 15) is 0 Å². The summed E-state index contributed by atoms with van der Waals surface area (Å²) in [5.41, 5.74) is 0. The summed E-state index contributed by atoms with van der Waals surface area (Å²) >= 11 is 0. The largest absolute Gasteiger partial charge is 0.396 e. The molecule has 0 saturated heterocycles. The second kappa shape index (κ2) is 5.83. The van der Waals surface area contributed by atoms with Crippen LogP contribution in [0.4, 0.5) is 0 Å². The number of hydrogen-bond acceptors (Lipinski definition) is 4. The van der Waals surface area contributed by atoms with E-state index >= 15 is 0 Å². The maximum absolute atomic E-state index is 8.64. The molecule has 0 atom stereocenters. The van der Waals surface area contributed by atoms with Gasteiger partial charge in [0.15, 0.2) is 0 Å². The van der Waals surface area contributed by atoms with Gasteiger partial charge in [0.25, 0.3) is 0 Å². The molecule has 0 radical (unpaired) electrons. The first-order valence-corrected chi connectivity index (χ1v) is 4.75. The first-order valence-electron chi connectivity index (χ1n) is 4.75. The Balaban J connectivity index is 2.10. The number of aliphatic hydroxyl groups is 2. The van der Waals surface area contributed by atoms with Crippen molar-refractivity contribution in [3.8, 4) is 0 Å². The minimum Gasteiger partial charge on any atom is -0.396 e. The predicted octanol–water partition coefficient (Wildman–Crippen LogP) is -0.203. The van der Waals surface area contributed by atoms with E-state index in [-0.39, 0.29) is 13.2 Å². The Bertz CT molecular complexity index is 146. The molecule has 0 spiro atoms. The van der Waals surface area contributed by atoms with Crippen LogP contribution in [0, 0.1) is 0 Å². The summed E-state index contributed by atoms with van der Waals surface area (Å²) in [7, 11) is 0. The van der Waals surface area contributed by atoms with E-state index in [1.54, 1.807) is 0 Å². The second-order valence-electron chi connectivity index (χ2n) is 3.22. The average molecular weight is 186 g/mol. The van der Waals surface area contributed by atoms with Crippen molar-refractivity contribution < 1.29 is 10.2 Å². The Labute approximate surface area is 79.1 Å². The Hall–Kier alpha value is -0.740. The molecule has 1 rings (SSSR count). The van der Waals surface area contributed by atoms with Crippen LogP contribution in [0.2, 0.25) is 0 Å². The third-order valence-corrected chi connectivity index (χ3v) is 2.06. The highest BCUT2D eigenvalue weighted by molar-refractivity contribution is 4.90. The summed E-state index contributed by atoms with van der Waals surface area (Å²) in [6.45, 7) is 3.20. The molecular weight excluding hydrogens is 168 g/mol. The monoisotopic (exact) mass is 186 g/mol. The fourth-order valence-corrected chi connectivity index (χ4v) is 1.35. The molecule has 0 bridgehead atoms. The van der Waals surface area contributed by atoms with Crippen molar-refractivity contribution in [2.24, 2.45) is 0 Å². The molecule has 0 amide bonds. The summed E-state index contributed by atoms with van der Waals surface area (Å²) in [4.78, 5) is 4.32. The average Bonchev–Trinajstić information content (AvgIpc) is 2.59. The van der Waals surface area contributed by atoms with E-state index in [0.29, 0.717) is 0 Å². The lowest BCUT2D eigenvalue weighted by molar-refractivity contribution is 0.214. The zero-order chi connectivity index (χ0) is 9.52. The number of rotatable bonds is 6. The Morgan fingerprint density at radius 3 is 1.77 bits per heavy atom. The van der Waals surface area contributed by atoms with Gasteiger partial charge in [-0.25, -0.2) is 0 Å². The van der Waals surface area contributed by atoms with Gasteiger partial charge in [-0.1, -0.05) is 0 Å². The van der Waals surface area contributed by atoms with Crippen LogP contribution in [0.5, 0.6) is 0 Å². The quantitative estimate of drug-likeness (QED) is 0.603. The zero-order valence-corrected chi connectivity index (χ0v) is 7.89. The standard InChI is InChI=1S/C9H18N2O2/c12-7-1-3-10-5-6-11(9-10)4-2-8-13/h5-6,12-13H,1-4,7-9H2. The molecule has 76 valence electrons. The number of hydrogen-bond donors (Lipinski definition) is 2. The SMILES string of the molecule is OCCCN1C=CN(CCCO)C1. The Kier molecular flexibility index (Phi) is 4.64. The zero-order valence-electron chi connectivity index (χ0n) is 7.89. The molecule has 0 aromatic carbocycles. The molecular formula is C9H18N2O2. The first kappa shape index (κ1) is 10.3. The summed E-state index contributed by atoms with van der Waals surface area (Å²) in [6.07, 6.45) is 5.70. The third-order valence-electron chi connectivity index (χ3n) is 2.06. The van der Waals surface area contributed by atoms with Gasteiger partial charge in [0.05, 0.1) is 6.67 Å². The lowest BCUT2D eigenvalue weighted by atomic mass is 10.4. The lowest BCUT2D eigenvalue weighted by Crippen LogP contribution is -2.27. The molecule has 1 aliphatic rings. The second-order valence-corrected chi connectivity index (χ2v) is 3.22. The van der Waals surface area contributed by atoms with Gasteiger partial charge in [0.2, 0.25) is 0 Å². The molecule has 0 aromatic rings. The van der Waals surface area contributed by atoms with Crippen molar-refractivity contribution >= 4 is 0 Å². The van der Waals surface area contributed by atoms with Gasteiger partial charge in [-0.2, -0.15) is 0 Å². The summed E-state index contributed by atoms with van der Waals surface area (Å²) in [5, 5.41) is 17.3. The lowest BCUT2D eigenvalue weighted by Gasteiger charge is -2.20. The van der Waals surface area contributed by atoms with Gasteiger partial charge < -0.3 is 20.0 Å². The molecule has 13 heavy (non-hydrogen) atoms. The molecule has 0 aromatic heterocycles. The predicted molar refractivity (Wildman–Crippen MR) is 50.8 cm³/mol. The first-order chi connectivity index (χ1) is 6.36. The van der Waals surface area contributed by atoms with E-state index in [1.165, 1.54) is 0 Å². The van der Waals surface area contributed by atoms with Crippen LogP contribution in [0.1, 0.15) is 12.8 Å². The fraction of sp³-hybridized carbons (Fsp3) is 0.778. The molecule has 1 heterocycles. The van der Waals surface area contributed by atoms with Gasteiger partial charge in [-0.15, -0.1) is 0 Å². The van der Waals surface area contributed by atoms with Crippen LogP contribution in [0.25, 0.3) is 0 Å². The highest BCUT2D eigenvalue weighted by atomic mass is 16.3. The summed E-state index contributed by atoms with van der Waals surface area (Å²) in [6, 6.07) is 0. The van der Waals surface area contributed by atoms with Gasteiger partial charge in [-0.3, -0.25) is 0 Å². The van der Waals surface area contributed by atoms with Crippen LogP contribution in [0.3, 0.4) is 0 Å². The maximum Gasteiger partial charge on any atom is 0.0893 e. The summed E-state index contributed by atoms with van der Waals surface area (Å²) < 4.78 is 0. The minimum atomic E-state index is 0.251. The molecule has 0 unspecified atom stereocenters. The fourth-order valence-electron chi connectivity index (χ4n) is 1.35. The maximum atomic E-state index is 8.64. The minimum absolute atomic E-state index is 0.251. The molecule has 4 nitrogen and oxygen atoms in total. The van der Waals surface area contributed by atoms with Crippen LogP contribution < -0.4 is 0 Å². The Morgan fingerprint density at radius 2 is 1.38 bits per heavy atom. The van der Waals surface area contributed by atoms with E-state index in [4.69, 9.17) is 10.2 Å². The van der Waals surface area contributed by atoms with Crippen molar-refractivity contribution in [2.75, 3.05) is 33.0 Å². The van der Waals surface area contributed by atoms with Gasteiger partial charge in [-0.05, 0) is 12.8 Å². The van der Waals surface area contributed by atoms with Crippen molar-refractivity contribution in [1.82, 2.24) is 9.80 Å². The van der Waals surface area contributed by atoms with Gasteiger partial charge in [0.1, 0.15) is 0 Å². The van der Waals surface area contributed by atoms with Crippen molar-refractivity contribution in [3.63, 3.8) is 0 Å². The van der Waals surface area contributed by atoms with Crippen molar-refractivity contribution in [2.45, 2.75) is 12.8 Å². The Morgan fingerprint density at radius 1 is 0.923 bits per heavy atom. The van der Waals surface area contributed by atoms with Crippen molar-refractivity contribution in [1.29, 1.82) is 0 Å². The molecule has 1 aliphatic heterocycles. The molecule has 2 N–H and O–H groups in total. The topological polar surface area (TPSA) is 46.9 Å². The van der Waals surface area contributed by atoms with Gasteiger partial charge in [0, 0.05) is 38.7 Å². The van der Waals surface area contributed by atoms with Crippen LogP contribution in [-0.4, -0.2) is 53.0 Å². The molecule has 0 fully saturated rings. The molecule has 4 heteroatoms. The van der Waals surface area contributed by atoms with E-state index in [1.807, 2.05) is 12.4 Å². The van der Waals surface area contributed by atoms with Crippen molar-refractivity contribution in [3.05, 3.63) is 12.4 Å². The number of aliphatic hydroxyl groups excluding tert-OH is 2. The summed E-state index contributed by atoms with van der Waals surface area (Å²) in [5.74, 6) is 0.